The molecule has 1 amide bonds. The number of amides is 1. The Morgan fingerprint density at radius 2 is 2.26 bits per heavy atom. The molecule has 1 atom stereocenters. The van der Waals surface area contributed by atoms with E-state index in [2.05, 4.69) is 10.1 Å². The van der Waals surface area contributed by atoms with Gasteiger partial charge < -0.3 is 14.5 Å². The van der Waals surface area contributed by atoms with E-state index in [1.807, 2.05) is 12.1 Å². The third-order valence-electron chi connectivity index (χ3n) is 4.42. The van der Waals surface area contributed by atoms with Crippen LogP contribution in [-0.2, 0) is 0 Å². The van der Waals surface area contributed by atoms with E-state index in [0.29, 0.717) is 30.0 Å². The maximum atomic E-state index is 12.8. The number of aliphatic hydroxyl groups is 1. The molecular formula is C17H21N3O3. The fraction of sp³-hybridized carbons (Fsp3) is 0.471. The molecule has 2 aromatic rings. The minimum atomic E-state index is -0.794. The van der Waals surface area contributed by atoms with Crippen molar-refractivity contribution in [2.45, 2.75) is 32.3 Å². The Morgan fingerprint density at radius 1 is 1.43 bits per heavy atom. The van der Waals surface area contributed by atoms with E-state index in [1.54, 1.807) is 31.0 Å². The van der Waals surface area contributed by atoms with E-state index in [1.165, 1.54) is 6.26 Å². The van der Waals surface area contributed by atoms with Crippen LogP contribution in [0.15, 0.2) is 35.2 Å². The van der Waals surface area contributed by atoms with Gasteiger partial charge in [0.1, 0.15) is 17.5 Å². The average Bonchev–Trinajstić information content (AvgIpc) is 3.04. The highest BCUT2D eigenvalue weighted by Crippen LogP contribution is 2.29. The van der Waals surface area contributed by atoms with Crippen molar-refractivity contribution in [3.63, 3.8) is 0 Å². The molecule has 2 aromatic heterocycles. The van der Waals surface area contributed by atoms with Gasteiger partial charge in [-0.1, -0.05) is 11.2 Å². The largest absolute Gasteiger partial charge is 0.390 e. The highest BCUT2D eigenvalue weighted by atomic mass is 16.5. The van der Waals surface area contributed by atoms with Gasteiger partial charge in [-0.05, 0) is 38.8 Å². The standard InChI is InChI=1S/C17H21N3O3/c1-17(2,22)12-6-5-9-20(10-12)16(21)13-11-23-19-15(13)14-7-3-4-8-18-14/h3-4,7-8,11-12,22H,5-6,9-10H2,1-2H3/t12-/m1/s1. The number of hydrogen-bond donors (Lipinski definition) is 1. The Kier molecular flexibility index (Phi) is 4.17. The monoisotopic (exact) mass is 315 g/mol. The summed E-state index contributed by atoms with van der Waals surface area (Å²) in [5.41, 5.74) is 0.693. The summed E-state index contributed by atoms with van der Waals surface area (Å²) in [7, 11) is 0. The van der Waals surface area contributed by atoms with Crippen molar-refractivity contribution >= 4 is 5.91 Å². The smallest absolute Gasteiger partial charge is 0.259 e. The minimum absolute atomic E-state index is 0.0679. The van der Waals surface area contributed by atoms with Crippen LogP contribution in [0.3, 0.4) is 0 Å². The molecule has 0 bridgehead atoms. The van der Waals surface area contributed by atoms with Crippen molar-refractivity contribution in [2.24, 2.45) is 5.92 Å². The minimum Gasteiger partial charge on any atom is -0.390 e. The number of likely N-dealkylation sites (tertiary alicyclic amines) is 1. The third kappa shape index (κ3) is 3.27. The molecule has 1 aliphatic heterocycles. The van der Waals surface area contributed by atoms with E-state index in [-0.39, 0.29) is 11.8 Å². The summed E-state index contributed by atoms with van der Waals surface area (Å²) in [5.74, 6) is -0.0563. The first-order valence-electron chi connectivity index (χ1n) is 7.84. The summed E-state index contributed by atoms with van der Waals surface area (Å²) >= 11 is 0. The summed E-state index contributed by atoms with van der Waals surface area (Å²) in [6, 6.07) is 5.45. The lowest BCUT2D eigenvalue weighted by molar-refractivity contribution is -0.0146. The van der Waals surface area contributed by atoms with Crippen LogP contribution in [0.1, 0.15) is 37.0 Å². The predicted octanol–water partition coefficient (Wildman–Crippen LogP) is 2.36. The molecule has 1 saturated heterocycles. The molecule has 122 valence electrons. The van der Waals surface area contributed by atoms with Gasteiger partial charge in [-0.15, -0.1) is 0 Å². The maximum Gasteiger partial charge on any atom is 0.259 e. The molecule has 6 nitrogen and oxygen atoms in total. The van der Waals surface area contributed by atoms with Crippen molar-refractivity contribution in [1.29, 1.82) is 0 Å². The molecule has 3 rings (SSSR count). The van der Waals surface area contributed by atoms with Crippen LogP contribution in [-0.4, -0.2) is 44.7 Å². The molecular weight excluding hydrogens is 294 g/mol. The SMILES string of the molecule is CC(C)(O)[C@@H]1CCCN(C(=O)c2conc2-c2ccccn2)C1. The summed E-state index contributed by atoms with van der Waals surface area (Å²) in [6.07, 6.45) is 4.83. The number of pyridine rings is 1. The van der Waals surface area contributed by atoms with Crippen molar-refractivity contribution in [3.8, 4) is 11.4 Å². The fourth-order valence-corrected chi connectivity index (χ4v) is 2.98. The van der Waals surface area contributed by atoms with E-state index < -0.39 is 5.60 Å². The lowest BCUT2D eigenvalue weighted by atomic mass is 9.84. The third-order valence-corrected chi connectivity index (χ3v) is 4.42. The van der Waals surface area contributed by atoms with Crippen LogP contribution < -0.4 is 0 Å². The number of carbonyl (C=O) groups excluding carboxylic acids is 1. The highest BCUT2D eigenvalue weighted by molar-refractivity contribution is 5.99. The molecule has 1 fully saturated rings. The van der Waals surface area contributed by atoms with Crippen molar-refractivity contribution in [3.05, 3.63) is 36.2 Å². The average molecular weight is 315 g/mol. The zero-order chi connectivity index (χ0) is 16.4. The van der Waals surface area contributed by atoms with Crippen molar-refractivity contribution < 1.29 is 14.4 Å². The number of nitrogens with zero attached hydrogens (tertiary/aromatic N) is 3. The zero-order valence-corrected chi connectivity index (χ0v) is 13.4. The van der Waals surface area contributed by atoms with Crippen LogP contribution in [0.4, 0.5) is 0 Å². The molecule has 1 aliphatic rings. The lowest BCUT2D eigenvalue weighted by Crippen LogP contribution is -2.47. The van der Waals surface area contributed by atoms with Crippen LogP contribution in [0.25, 0.3) is 11.4 Å². The molecule has 1 N–H and O–H groups in total. The number of rotatable bonds is 3. The van der Waals surface area contributed by atoms with Gasteiger partial charge in [-0.2, -0.15) is 0 Å². The molecule has 0 unspecified atom stereocenters. The van der Waals surface area contributed by atoms with E-state index >= 15 is 0 Å². The summed E-state index contributed by atoms with van der Waals surface area (Å²) in [5, 5.41) is 14.2. The van der Waals surface area contributed by atoms with Gasteiger partial charge >= 0.3 is 0 Å². The number of carbonyl (C=O) groups is 1. The second kappa shape index (κ2) is 6.12. The van der Waals surface area contributed by atoms with Crippen LogP contribution in [0.2, 0.25) is 0 Å². The van der Waals surface area contributed by atoms with Gasteiger partial charge in [-0.3, -0.25) is 9.78 Å². The Hall–Kier alpha value is -2.21. The molecule has 23 heavy (non-hydrogen) atoms. The number of hydrogen-bond acceptors (Lipinski definition) is 5. The highest BCUT2D eigenvalue weighted by Gasteiger charge is 2.34. The molecule has 0 radical (unpaired) electrons. The van der Waals surface area contributed by atoms with Crippen molar-refractivity contribution in [1.82, 2.24) is 15.0 Å². The zero-order valence-electron chi connectivity index (χ0n) is 13.4. The fourth-order valence-electron chi connectivity index (χ4n) is 2.98. The van der Waals surface area contributed by atoms with Gasteiger partial charge in [0, 0.05) is 25.2 Å². The Labute approximate surface area is 135 Å². The molecule has 0 spiro atoms. The van der Waals surface area contributed by atoms with Gasteiger partial charge in [0.25, 0.3) is 5.91 Å². The Balaban J connectivity index is 1.83. The molecule has 0 aliphatic carbocycles. The summed E-state index contributed by atoms with van der Waals surface area (Å²) in [6.45, 7) is 4.81. The Bertz CT molecular complexity index is 676. The first-order chi connectivity index (χ1) is 11.0. The number of aromatic nitrogens is 2. The van der Waals surface area contributed by atoms with Gasteiger partial charge in [-0.25, -0.2) is 0 Å². The van der Waals surface area contributed by atoms with Crippen molar-refractivity contribution in [2.75, 3.05) is 13.1 Å². The summed E-state index contributed by atoms with van der Waals surface area (Å²) < 4.78 is 5.02. The molecule has 0 saturated carbocycles. The first kappa shape index (κ1) is 15.7. The summed E-state index contributed by atoms with van der Waals surface area (Å²) in [4.78, 5) is 18.8. The first-order valence-corrected chi connectivity index (χ1v) is 7.84. The van der Waals surface area contributed by atoms with Crippen LogP contribution in [0.5, 0.6) is 0 Å². The second-order valence-corrected chi connectivity index (χ2v) is 6.54. The molecule has 3 heterocycles. The molecule has 0 aromatic carbocycles. The van der Waals surface area contributed by atoms with Gasteiger partial charge in [0.15, 0.2) is 0 Å². The Morgan fingerprint density at radius 3 is 2.96 bits per heavy atom. The molecule has 6 heteroatoms. The lowest BCUT2D eigenvalue weighted by Gasteiger charge is -2.38. The van der Waals surface area contributed by atoms with E-state index in [0.717, 1.165) is 12.8 Å². The predicted molar refractivity (Wildman–Crippen MR) is 84.7 cm³/mol. The normalized spacial score (nSPS) is 18.9. The van der Waals surface area contributed by atoms with Gasteiger partial charge in [0.05, 0.1) is 11.3 Å². The maximum absolute atomic E-state index is 12.8. The number of piperidine rings is 1. The quantitative estimate of drug-likeness (QED) is 0.940. The van der Waals surface area contributed by atoms with E-state index in [4.69, 9.17) is 4.52 Å². The second-order valence-electron chi connectivity index (χ2n) is 6.54. The van der Waals surface area contributed by atoms with Crippen LogP contribution in [0, 0.1) is 5.92 Å². The van der Waals surface area contributed by atoms with Gasteiger partial charge in [0.2, 0.25) is 0 Å². The van der Waals surface area contributed by atoms with Crippen LogP contribution >= 0.6 is 0 Å². The van der Waals surface area contributed by atoms with E-state index in [9.17, 15) is 9.90 Å². The topological polar surface area (TPSA) is 79.5 Å².